The predicted octanol–water partition coefficient (Wildman–Crippen LogP) is 2.83. The molecule has 154 valence electrons. The molecule has 7 nitrogen and oxygen atoms in total. The smallest absolute Gasteiger partial charge is 0.243 e. The molecule has 0 aliphatic rings. The van der Waals surface area contributed by atoms with Crippen molar-refractivity contribution in [3.63, 3.8) is 0 Å². The number of carbonyl (C=O) groups is 1. The fraction of sp³-hybridized carbons (Fsp3) is 0.421. The molecular formula is C19H28IN5O2S. The Morgan fingerprint density at radius 3 is 2.54 bits per heavy atom. The Kier molecular flexibility index (Phi) is 11.0. The van der Waals surface area contributed by atoms with Crippen molar-refractivity contribution in [2.45, 2.75) is 25.3 Å². The van der Waals surface area contributed by atoms with Crippen LogP contribution in [0.5, 0.6) is 0 Å². The molecule has 0 fully saturated rings. The highest BCUT2D eigenvalue weighted by molar-refractivity contribution is 14.0. The highest BCUT2D eigenvalue weighted by Gasteiger charge is 2.08. The Bertz CT molecular complexity index is 745. The minimum Gasteiger partial charge on any atom is -0.444 e. The van der Waals surface area contributed by atoms with Crippen LogP contribution in [0.25, 0.3) is 0 Å². The summed E-state index contributed by atoms with van der Waals surface area (Å²) in [6.07, 6.45) is 0. The summed E-state index contributed by atoms with van der Waals surface area (Å²) in [5.41, 5.74) is 0.875. The topological polar surface area (TPSA) is 82.8 Å². The number of nitrogens with zero attached hydrogens (tertiary/aromatic N) is 3. The second-order valence-corrected chi connectivity index (χ2v) is 7.31. The molecule has 0 bridgehead atoms. The van der Waals surface area contributed by atoms with Gasteiger partial charge in [0.25, 0.3) is 0 Å². The summed E-state index contributed by atoms with van der Waals surface area (Å²) in [6, 6.07) is 10.2. The first-order valence-corrected chi connectivity index (χ1v) is 9.77. The van der Waals surface area contributed by atoms with Crippen molar-refractivity contribution in [3.05, 3.63) is 47.7 Å². The molecule has 2 aromatic rings. The number of oxazole rings is 1. The van der Waals surface area contributed by atoms with Crippen molar-refractivity contribution >= 4 is 47.6 Å². The zero-order valence-corrected chi connectivity index (χ0v) is 19.8. The van der Waals surface area contributed by atoms with Gasteiger partial charge in [0.15, 0.2) is 5.96 Å². The van der Waals surface area contributed by atoms with Crippen molar-refractivity contribution in [3.8, 4) is 0 Å². The van der Waals surface area contributed by atoms with Crippen molar-refractivity contribution < 1.29 is 9.21 Å². The Balaban J connectivity index is 0.00000392. The fourth-order valence-electron chi connectivity index (χ4n) is 2.09. The minimum atomic E-state index is -0.0578. The molecule has 1 amide bonds. The highest BCUT2D eigenvalue weighted by Crippen LogP contribution is 2.15. The number of likely N-dealkylation sites (N-methyl/N-ethyl adjacent to an activating group) is 1. The van der Waals surface area contributed by atoms with E-state index in [1.807, 2.05) is 32.0 Å². The van der Waals surface area contributed by atoms with Crippen LogP contribution < -0.4 is 10.6 Å². The van der Waals surface area contributed by atoms with Crippen LogP contribution in [-0.4, -0.2) is 54.7 Å². The molecule has 0 saturated heterocycles. The molecule has 0 aliphatic heterocycles. The van der Waals surface area contributed by atoms with E-state index in [1.165, 1.54) is 9.80 Å². The number of hydrogen-bond donors (Lipinski definition) is 2. The standard InChI is InChI=1S/C19H27N5O2S.HI/c1-14-15(2)26-17(23-14)12-21-19(22-13-18(25)24(3)4)20-10-11-27-16-8-6-5-7-9-16;/h5-9H,10-13H2,1-4H3,(H2,20,21,22);1H. The molecule has 2 rings (SSSR count). The van der Waals surface area contributed by atoms with E-state index in [2.05, 4.69) is 32.7 Å². The summed E-state index contributed by atoms with van der Waals surface area (Å²) in [4.78, 5) is 23.3. The molecule has 0 aliphatic carbocycles. The van der Waals surface area contributed by atoms with Crippen LogP contribution in [0.4, 0.5) is 0 Å². The number of hydrogen-bond acceptors (Lipinski definition) is 5. The van der Waals surface area contributed by atoms with Gasteiger partial charge in [0.05, 0.1) is 12.2 Å². The summed E-state index contributed by atoms with van der Waals surface area (Å²) >= 11 is 1.76. The second kappa shape index (κ2) is 12.7. The highest BCUT2D eigenvalue weighted by atomic mass is 127. The summed E-state index contributed by atoms with van der Waals surface area (Å²) in [7, 11) is 3.43. The molecule has 0 unspecified atom stereocenters. The molecule has 9 heteroatoms. The lowest BCUT2D eigenvalue weighted by Gasteiger charge is -2.13. The lowest BCUT2D eigenvalue weighted by atomic mass is 10.4. The number of benzene rings is 1. The van der Waals surface area contributed by atoms with Gasteiger partial charge in [-0.2, -0.15) is 0 Å². The molecule has 1 aromatic heterocycles. The van der Waals surface area contributed by atoms with Gasteiger partial charge in [0.1, 0.15) is 12.3 Å². The first kappa shape index (κ1) is 24.3. The molecule has 0 atom stereocenters. The summed E-state index contributed by atoms with van der Waals surface area (Å²) in [6.45, 7) is 4.99. The van der Waals surface area contributed by atoms with Gasteiger partial charge in [-0.05, 0) is 26.0 Å². The van der Waals surface area contributed by atoms with Crippen molar-refractivity contribution in [1.82, 2.24) is 20.5 Å². The fourth-order valence-corrected chi connectivity index (χ4v) is 2.88. The van der Waals surface area contributed by atoms with Crippen molar-refractivity contribution in [2.75, 3.05) is 32.9 Å². The molecule has 0 radical (unpaired) electrons. The molecule has 2 N–H and O–H groups in total. The van der Waals surface area contributed by atoms with E-state index in [0.717, 1.165) is 17.2 Å². The van der Waals surface area contributed by atoms with E-state index < -0.39 is 0 Å². The summed E-state index contributed by atoms with van der Waals surface area (Å²) < 4.78 is 5.58. The second-order valence-electron chi connectivity index (χ2n) is 6.14. The number of thioether (sulfide) groups is 1. The lowest BCUT2D eigenvalue weighted by Crippen LogP contribution is -2.39. The molecular weight excluding hydrogens is 489 g/mol. The zero-order chi connectivity index (χ0) is 19.6. The van der Waals surface area contributed by atoms with Gasteiger partial charge >= 0.3 is 0 Å². The number of carbonyl (C=O) groups excluding carboxylic acids is 1. The maximum atomic E-state index is 11.8. The van der Waals surface area contributed by atoms with Gasteiger partial charge in [0, 0.05) is 31.3 Å². The predicted molar refractivity (Wildman–Crippen MR) is 124 cm³/mol. The van der Waals surface area contributed by atoms with Gasteiger partial charge in [-0.25, -0.2) is 9.98 Å². The Morgan fingerprint density at radius 2 is 1.93 bits per heavy atom. The van der Waals surface area contributed by atoms with Crippen molar-refractivity contribution in [2.24, 2.45) is 4.99 Å². The molecule has 0 saturated carbocycles. The first-order valence-electron chi connectivity index (χ1n) is 8.79. The van der Waals surface area contributed by atoms with Gasteiger partial charge in [-0.3, -0.25) is 4.79 Å². The number of nitrogens with one attached hydrogen (secondary N) is 2. The average Bonchev–Trinajstić information content (AvgIpc) is 2.98. The van der Waals surface area contributed by atoms with Crippen LogP contribution in [0, 0.1) is 13.8 Å². The third-order valence-electron chi connectivity index (χ3n) is 3.76. The van der Waals surface area contributed by atoms with Crippen LogP contribution >= 0.6 is 35.7 Å². The number of aromatic nitrogens is 1. The molecule has 1 heterocycles. The van der Waals surface area contributed by atoms with Crippen LogP contribution in [0.3, 0.4) is 0 Å². The molecule has 0 spiro atoms. The normalized spacial score (nSPS) is 10.9. The number of halogens is 1. The van der Waals surface area contributed by atoms with E-state index in [1.54, 1.807) is 25.9 Å². The quantitative estimate of drug-likeness (QED) is 0.184. The molecule has 28 heavy (non-hydrogen) atoms. The Morgan fingerprint density at radius 1 is 1.21 bits per heavy atom. The number of guanidine groups is 1. The first-order chi connectivity index (χ1) is 13.0. The average molecular weight is 517 g/mol. The number of rotatable bonds is 8. The Hall–Kier alpha value is -1.75. The third-order valence-corrected chi connectivity index (χ3v) is 4.77. The monoisotopic (exact) mass is 517 g/mol. The van der Waals surface area contributed by atoms with E-state index in [-0.39, 0.29) is 36.4 Å². The number of aliphatic imine (C=N–C) groups is 1. The van der Waals surface area contributed by atoms with Gasteiger partial charge in [0.2, 0.25) is 11.8 Å². The van der Waals surface area contributed by atoms with Crippen LogP contribution in [-0.2, 0) is 11.3 Å². The number of amides is 1. The van der Waals surface area contributed by atoms with E-state index in [0.29, 0.717) is 24.9 Å². The summed E-state index contributed by atoms with van der Waals surface area (Å²) in [5, 5.41) is 6.43. The SMILES string of the molecule is Cc1nc(CNC(=NCC(=O)N(C)C)NCCSc2ccccc2)oc1C.I. The lowest BCUT2D eigenvalue weighted by molar-refractivity contribution is -0.127. The van der Waals surface area contributed by atoms with Gasteiger partial charge in [-0.15, -0.1) is 35.7 Å². The van der Waals surface area contributed by atoms with E-state index >= 15 is 0 Å². The van der Waals surface area contributed by atoms with Crippen molar-refractivity contribution in [1.29, 1.82) is 0 Å². The number of aryl methyl sites for hydroxylation is 2. The third kappa shape index (κ3) is 8.51. The van der Waals surface area contributed by atoms with Gasteiger partial charge in [-0.1, -0.05) is 18.2 Å². The maximum Gasteiger partial charge on any atom is 0.243 e. The van der Waals surface area contributed by atoms with E-state index in [9.17, 15) is 4.79 Å². The van der Waals surface area contributed by atoms with Crippen LogP contribution in [0.15, 0.2) is 44.6 Å². The van der Waals surface area contributed by atoms with E-state index in [4.69, 9.17) is 4.42 Å². The molecule has 1 aromatic carbocycles. The maximum absolute atomic E-state index is 11.8. The zero-order valence-electron chi connectivity index (χ0n) is 16.7. The summed E-state index contributed by atoms with van der Waals surface area (Å²) in [5.74, 6) is 2.78. The van der Waals surface area contributed by atoms with Gasteiger partial charge < -0.3 is 20.0 Å². The largest absolute Gasteiger partial charge is 0.444 e. The van der Waals surface area contributed by atoms with Crippen LogP contribution in [0.2, 0.25) is 0 Å². The minimum absolute atomic E-state index is 0. The Labute approximate surface area is 187 Å². The van der Waals surface area contributed by atoms with Crippen LogP contribution in [0.1, 0.15) is 17.3 Å².